The Balaban J connectivity index is 1.79. The van der Waals surface area contributed by atoms with E-state index in [4.69, 9.17) is 4.74 Å². The summed E-state index contributed by atoms with van der Waals surface area (Å²) >= 11 is 0. The number of carbonyl (C=O) groups is 1. The number of hydrogen-bond donors (Lipinski definition) is 1. The van der Waals surface area contributed by atoms with Gasteiger partial charge in [0.25, 0.3) is 0 Å². The Hall–Kier alpha value is -1.66. The first-order valence-corrected chi connectivity index (χ1v) is 11.9. The Bertz CT molecular complexity index is 733. The van der Waals surface area contributed by atoms with E-state index in [2.05, 4.69) is 29.9 Å². The van der Waals surface area contributed by atoms with Gasteiger partial charge >= 0.3 is 0 Å². The van der Waals surface area contributed by atoms with Gasteiger partial charge in [-0.15, -0.1) is 0 Å². The molecule has 1 N–H and O–H groups in total. The van der Waals surface area contributed by atoms with Crippen LogP contribution in [0.1, 0.15) is 17.4 Å². The van der Waals surface area contributed by atoms with E-state index in [1.165, 1.54) is 0 Å². The molecule has 0 fully saturated rings. The molecule has 0 amide bonds. The maximum absolute atomic E-state index is 12.3. The van der Waals surface area contributed by atoms with Gasteiger partial charge in [-0.05, 0) is 18.2 Å². The zero-order chi connectivity index (χ0) is 16.6. The smallest absolute Gasteiger partial charge is 0.187 e. The van der Waals surface area contributed by atoms with Gasteiger partial charge in [-0.2, -0.15) is 0 Å². The number of fused-ring (bicyclic) bond motifs is 2. The SMILES string of the molecule is C[C@H]1CNc2cc3ccn(COCC[Si](C)(C)C)c3nc2C1=O. The maximum atomic E-state index is 12.3. The number of aromatic nitrogens is 2. The summed E-state index contributed by atoms with van der Waals surface area (Å²) in [5.41, 5.74) is 2.22. The van der Waals surface area contributed by atoms with Gasteiger partial charge in [-0.3, -0.25) is 4.79 Å². The van der Waals surface area contributed by atoms with E-state index in [0.717, 1.165) is 29.4 Å². The number of nitrogens with zero attached hydrogens (tertiary/aromatic N) is 2. The lowest BCUT2D eigenvalue weighted by Crippen LogP contribution is -2.28. The standard InChI is InChI=1S/C17H25N3O2Si/c1-12-10-18-14-9-13-5-6-20(11-22-7-8-23(2,3)4)17(13)19-15(14)16(12)21/h5-6,9,12,18H,7-8,10-11H2,1-4H3/t12-/m0/s1. The van der Waals surface area contributed by atoms with E-state index in [-0.39, 0.29) is 11.7 Å². The van der Waals surface area contributed by atoms with Gasteiger partial charge in [0.05, 0.1) is 5.69 Å². The molecule has 1 atom stereocenters. The molecule has 1 aliphatic rings. The Morgan fingerprint density at radius 3 is 2.96 bits per heavy atom. The highest BCUT2D eigenvalue weighted by atomic mass is 28.3. The van der Waals surface area contributed by atoms with Crippen molar-refractivity contribution in [1.29, 1.82) is 0 Å². The van der Waals surface area contributed by atoms with Crippen molar-refractivity contribution in [3.63, 3.8) is 0 Å². The van der Waals surface area contributed by atoms with Gasteiger partial charge < -0.3 is 14.6 Å². The first-order chi connectivity index (χ1) is 10.8. The number of rotatable bonds is 5. The maximum Gasteiger partial charge on any atom is 0.187 e. The molecule has 3 rings (SSSR count). The molecule has 0 aromatic carbocycles. The van der Waals surface area contributed by atoms with E-state index in [9.17, 15) is 4.79 Å². The highest BCUT2D eigenvalue weighted by molar-refractivity contribution is 6.76. The van der Waals surface area contributed by atoms with Crippen molar-refractivity contribution in [2.45, 2.75) is 39.3 Å². The van der Waals surface area contributed by atoms with E-state index in [1.54, 1.807) is 0 Å². The zero-order valence-corrected chi connectivity index (χ0v) is 15.3. The lowest BCUT2D eigenvalue weighted by Gasteiger charge is -2.21. The number of carbonyl (C=O) groups excluding carboxylic acids is 1. The van der Waals surface area contributed by atoms with E-state index < -0.39 is 8.07 Å². The Kier molecular flexibility index (Phi) is 4.29. The van der Waals surface area contributed by atoms with Gasteiger partial charge in [0.2, 0.25) is 0 Å². The van der Waals surface area contributed by atoms with E-state index in [0.29, 0.717) is 19.0 Å². The fourth-order valence-electron chi connectivity index (χ4n) is 2.67. The Morgan fingerprint density at radius 2 is 2.22 bits per heavy atom. The van der Waals surface area contributed by atoms with Gasteiger partial charge in [-0.25, -0.2) is 4.98 Å². The second kappa shape index (κ2) is 6.09. The molecule has 0 bridgehead atoms. The summed E-state index contributed by atoms with van der Waals surface area (Å²) < 4.78 is 7.79. The molecule has 0 spiro atoms. The third-order valence-electron chi connectivity index (χ3n) is 4.24. The lowest BCUT2D eigenvalue weighted by molar-refractivity contribution is 0.0893. The quantitative estimate of drug-likeness (QED) is 0.672. The Morgan fingerprint density at radius 1 is 1.43 bits per heavy atom. The topological polar surface area (TPSA) is 56.1 Å². The number of ether oxygens (including phenoxy) is 1. The second-order valence-electron chi connectivity index (χ2n) is 7.58. The van der Waals surface area contributed by atoms with Crippen LogP contribution in [0.3, 0.4) is 0 Å². The summed E-state index contributed by atoms with van der Waals surface area (Å²) in [6.07, 6.45) is 1.98. The van der Waals surface area contributed by atoms with Crippen molar-refractivity contribution in [1.82, 2.24) is 9.55 Å². The van der Waals surface area contributed by atoms with Crippen LogP contribution in [-0.2, 0) is 11.5 Å². The zero-order valence-electron chi connectivity index (χ0n) is 14.3. The van der Waals surface area contributed by atoms with E-state index in [1.807, 2.05) is 29.8 Å². The van der Waals surface area contributed by atoms with Crippen molar-refractivity contribution in [3.8, 4) is 0 Å². The summed E-state index contributed by atoms with van der Waals surface area (Å²) in [5, 5.41) is 4.33. The van der Waals surface area contributed by atoms with Crippen LogP contribution < -0.4 is 5.32 Å². The van der Waals surface area contributed by atoms with Crippen LogP contribution in [0.15, 0.2) is 18.3 Å². The minimum Gasteiger partial charge on any atom is -0.382 e. The highest BCUT2D eigenvalue weighted by Crippen LogP contribution is 2.27. The molecular weight excluding hydrogens is 306 g/mol. The van der Waals surface area contributed by atoms with Crippen molar-refractivity contribution < 1.29 is 9.53 Å². The lowest BCUT2D eigenvalue weighted by atomic mass is 9.98. The van der Waals surface area contributed by atoms with Crippen LogP contribution in [0.5, 0.6) is 0 Å². The van der Waals surface area contributed by atoms with Crippen LogP contribution in [0, 0.1) is 5.92 Å². The minimum absolute atomic E-state index is 0.0242. The molecule has 6 heteroatoms. The van der Waals surface area contributed by atoms with Gasteiger partial charge in [0.15, 0.2) is 5.78 Å². The molecule has 23 heavy (non-hydrogen) atoms. The first-order valence-electron chi connectivity index (χ1n) is 8.21. The van der Waals surface area contributed by atoms with Crippen molar-refractivity contribution in [2.24, 2.45) is 5.92 Å². The summed E-state index contributed by atoms with van der Waals surface area (Å²) in [7, 11) is -1.07. The summed E-state index contributed by atoms with van der Waals surface area (Å²) in [6, 6.07) is 5.18. The number of ketones is 1. The molecule has 5 nitrogen and oxygen atoms in total. The van der Waals surface area contributed by atoms with Crippen LogP contribution in [-0.4, -0.2) is 36.6 Å². The third-order valence-corrected chi connectivity index (χ3v) is 5.95. The average molecular weight is 331 g/mol. The van der Waals surface area contributed by atoms with E-state index >= 15 is 0 Å². The van der Waals surface area contributed by atoms with Crippen molar-refractivity contribution in [2.75, 3.05) is 18.5 Å². The molecule has 0 radical (unpaired) electrons. The number of anilines is 1. The van der Waals surface area contributed by atoms with Crippen LogP contribution in [0.25, 0.3) is 11.0 Å². The molecule has 2 aromatic heterocycles. The molecule has 1 aliphatic heterocycles. The first kappa shape index (κ1) is 16.2. The molecule has 124 valence electrons. The van der Waals surface area contributed by atoms with Gasteiger partial charge in [-0.1, -0.05) is 26.6 Å². The van der Waals surface area contributed by atoms with Crippen LogP contribution in [0.2, 0.25) is 25.7 Å². The van der Waals surface area contributed by atoms with Gasteiger partial charge in [0, 0.05) is 38.7 Å². The molecular formula is C17H25N3O2Si. The largest absolute Gasteiger partial charge is 0.382 e. The number of nitrogens with one attached hydrogen (secondary N) is 1. The molecule has 0 aliphatic carbocycles. The molecule has 0 unspecified atom stereocenters. The predicted octanol–water partition coefficient (Wildman–Crippen LogP) is 3.59. The van der Waals surface area contributed by atoms with Crippen molar-refractivity contribution >= 4 is 30.6 Å². The molecule has 0 saturated carbocycles. The summed E-state index contributed by atoms with van der Waals surface area (Å²) in [4.78, 5) is 16.9. The van der Waals surface area contributed by atoms with Crippen molar-refractivity contribution in [3.05, 3.63) is 24.0 Å². The third kappa shape index (κ3) is 3.48. The van der Waals surface area contributed by atoms with Gasteiger partial charge in [0.1, 0.15) is 18.1 Å². The fourth-order valence-corrected chi connectivity index (χ4v) is 3.43. The monoisotopic (exact) mass is 331 g/mol. The normalized spacial score (nSPS) is 18.1. The number of hydrogen-bond acceptors (Lipinski definition) is 4. The van der Waals surface area contributed by atoms with Crippen LogP contribution in [0.4, 0.5) is 5.69 Å². The minimum atomic E-state index is -1.07. The summed E-state index contributed by atoms with van der Waals surface area (Å²) in [5.74, 6) is 0.0944. The average Bonchev–Trinajstić information content (AvgIpc) is 2.87. The number of pyridine rings is 1. The molecule has 2 aromatic rings. The highest BCUT2D eigenvalue weighted by Gasteiger charge is 2.26. The predicted molar refractivity (Wildman–Crippen MR) is 95.8 cm³/mol. The molecule has 3 heterocycles. The Labute approximate surface area is 138 Å². The van der Waals surface area contributed by atoms with Crippen LogP contribution >= 0.6 is 0 Å². The summed E-state index contributed by atoms with van der Waals surface area (Å²) in [6.45, 7) is 10.9. The fraction of sp³-hybridized carbons (Fsp3) is 0.529. The molecule has 0 saturated heterocycles. The number of Topliss-reactive ketones (excluding diaryl/α,β-unsaturated/α-hetero) is 1. The second-order valence-corrected chi connectivity index (χ2v) is 13.2.